The number of hydrogen-bond acceptors (Lipinski definition) is 6. The third kappa shape index (κ3) is 4.52. The fourth-order valence-corrected chi connectivity index (χ4v) is 4.68. The monoisotopic (exact) mass is 472 g/mol. The highest BCUT2D eigenvalue weighted by atomic mass is 16.5. The molecule has 0 spiro atoms. The molecular weight excluding hydrogens is 440 g/mol. The summed E-state index contributed by atoms with van der Waals surface area (Å²) in [6.07, 6.45) is 3.63. The van der Waals surface area contributed by atoms with Gasteiger partial charge in [0.15, 0.2) is 0 Å². The number of anilines is 2. The van der Waals surface area contributed by atoms with Gasteiger partial charge >= 0.3 is 0 Å². The van der Waals surface area contributed by atoms with Gasteiger partial charge in [-0.25, -0.2) is 4.68 Å². The number of aromatic nitrogens is 3. The van der Waals surface area contributed by atoms with Gasteiger partial charge in [-0.05, 0) is 61.4 Å². The minimum atomic E-state index is -0.310. The molecule has 1 amide bonds. The van der Waals surface area contributed by atoms with Crippen molar-refractivity contribution in [1.82, 2.24) is 14.8 Å². The molecule has 1 N–H and O–H groups in total. The van der Waals surface area contributed by atoms with Crippen LogP contribution in [0.5, 0.6) is 5.88 Å². The van der Waals surface area contributed by atoms with Gasteiger partial charge in [-0.15, -0.1) is 0 Å². The van der Waals surface area contributed by atoms with Crippen LogP contribution < -0.4 is 15.0 Å². The van der Waals surface area contributed by atoms with Crippen molar-refractivity contribution < 1.29 is 9.53 Å². The number of guanidine groups is 1. The smallest absolute Gasteiger partial charge is 0.280 e. The Kier molecular flexibility index (Phi) is 6.05. The summed E-state index contributed by atoms with van der Waals surface area (Å²) in [5.41, 5.74) is 5.95. The number of amides is 1. The van der Waals surface area contributed by atoms with E-state index >= 15 is 0 Å². The molecule has 0 radical (unpaired) electrons. The maximum atomic E-state index is 13.4. The number of pyridine rings is 1. The van der Waals surface area contributed by atoms with Crippen molar-refractivity contribution in [3.63, 3.8) is 0 Å². The van der Waals surface area contributed by atoms with Crippen LogP contribution in [0.1, 0.15) is 61.1 Å². The van der Waals surface area contributed by atoms with Crippen LogP contribution in [-0.4, -0.2) is 39.8 Å². The second kappa shape index (κ2) is 9.17. The minimum Gasteiger partial charge on any atom is -0.477 e. The molecule has 0 unspecified atom stereocenters. The first kappa shape index (κ1) is 23.1. The highest BCUT2D eigenvalue weighted by Crippen LogP contribution is 2.36. The van der Waals surface area contributed by atoms with Gasteiger partial charge < -0.3 is 15.0 Å². The number of rotatable bonds is 1. The summed E-state index contributed by atoms with van der Waals surface area (Å²) in [6.45, 7) is 9.83. The summed E-state index contributed by atoms with van der Waals surface area (Å²) in [6, 6.07) is 9.98. The zero-order chi connectivity index (χ0) is 24.7. The molecule has 2 aliphatic rings. The van der Waals surface area contributed by atoms with Crippen molar-refractivity contribution in [2.45, 2.75) is 46.5 Å². The van der Waals surface area contributed by atoms with Crippen molar-refractivity contribution >= 4 is 23.2 Å². The lowest BCUT2D eigenvalue weighted by atomic mass is 10.0. The largest absolute Gasteiger partial charge is 0.477 e. The number of fused-ring (bicyclic) bond motifs is 7. The van der Waals surface area contributed by atoms with Crippen LogP contribution in [0.15, 0.2) is 41.5 Å². The van der Waals surface area contributed by atoms with Gasteiger partial charge in [-0.3, -0.25) is 9.78 Å². The van der Waals surface area contributed by atoms with Gasteiger partial charge in [0.2, 0.25) is 11.8 Å². The molecule has 8 heteroatoms. The molecule has 5 rings (SSSR count). The van der Waals surface area contributed by atoms with Crippen molar-refractivity contribution in [2.75, 3.05) is 23.4 Å². The van der Waals surface area contributed by atoms with Gasteiger partial charge in [-0.2, -0.15) is 10.1 Å². The lowest BCUT2D eigenvalue weighted by molar-refractivity contribution is 0.100. The summed E-state index contributed by atoms with van der Waals surface area (Å²) in [7, 11) is 1.85. The molecule has 1 atom stereocenters. The van der Waals surface area contributed by atoms with Crippen LogP contribution in [-0.2, 0) is 7.05 Å². The Bertz CT molecular complexity index is 1310. The molecule has 2 aromatic heterocycles. The Labute approximate surface area is 206 Å². The molecule has 182 valence electrons. The Morgan fingerprint density at radius 2 is 2.03 bits per heavy atom. The van der Waals surface area contributed by atoms with Crippen LogP contribution in [0.3, 0.4) is 0 Å². The van der Waals surface area contributed by atoms with E-state index in [1.165, 1.54) is 5.56 Å². The summed E-state index contributed by atoms with van der Waals surface area (Å²) in [5, 5.41) is 7.76. The van der Waals surface area contributed by atoms with Crippen molar-refractivity contribution in [3.05, 3.63) is 53.3 Å². The zero-order valence-corrected chi connectivity index (χ0v) is 21.0. The molecule has 0 saturated heterocycles. The van der Waals surface area contributed by atoms with Crippen molar-refractivity contribution in [1.29, 1.82) is 0 Å². The molecule has 0 aliphatic carbocycles. The topological polar surface area (TPSA) is 84.6 Å². The van der Waals surface area contributed by atoms with Crippen LogP contribution in [0, 0.1) is 12.8 Å². The van der Waals surface area contributed by atoms with E-state index in [1.807, 2.05) is 14.0 Å². The van der Waals surface area contributed by atoms with Crippen LogP contribution in [0.25, 0.3) is 11.3 Å². The van der Waals surface area contributed by atoms with Crippen LogP contribution >= 0.6 is 0 Å². The summed E-state index contributed by atoms with van der Waals surface area (Å²) in [4.78, 5) is 24.8. The quantitative estimate of drug-likeness (QED) is 0.527. The Morgan fingerprint density at radius 1 is 1.20 bits per heavy atom. The average Bonchev–Trinajstić information content (AvgIpc) is 3.35. The molecular formula is C27H32N6O2. The molecule has 35 heavy (non-hydrogen) atoms. The standard InChI is InChI=1S/C27H32N6O2/c1-16(2)19-8-9-22-24(13-19)33-15-17(3)7-6-10-35-26-21(14-28-32(26)5)23-12-20(11-18(4)29-23)25(34)31-27(33)30-22/h8-9,11-14,16-17H,6-7,10,15H2,1-5H3,(H,30,31,34)/t17-/m1/s1. The van der Waals surface area contributed by atoms with E-state index in [0.717, 1.165) is 42.0 Å². The number of hydrogen-bond donors (Lipinski definition) is 1. The van der Waals surface area contributed by atoms with E-state index in [9.17, 15) is 4.79 Å². The van der Waals surface area contributed by atoms with Gasteiger partial charge in [-0.1, -0.05) is 26.8 Å². The third-order valence-corrected chi connectivity index (χ3v) is 6.62. The molecule has 3 aromatic rings. The molecule has 2 aliphatic heterocycles. The second-order valence-corrected chi connectivity index (χ2v) is 9.87. The van der Waals surface area contributed by atoms with Crippen molar-refractivity contribution in [3.8, 4) is 17.1 Å². The number of benzene rings is 1. The predicted molar refractivity (Wildman–Crippen MR) is 138 cm³/mol. The van der Waals surface area contributed by atoms with Gasteiger partial charge in [0.1, 0.15) is 0 Å². The molecule has 1 aromatic carbocycles. The highest BCUT2D eigenvalue weighted by molar-refractivity contribution is 6.19. The predicted octanol–water partition coefficient (Wildman–Crippen LogP) is 5.15. The third-order valence-electron chi connectivity index (χ3n) is 6.62. The number of aryl methyl sites for hydroxylation is 2. The fraction of sp³-hybridized carbons (Fsp3) is 0.407. The van der Waals surface area contributed by atoms with E-state index in [0.29, 0.717) is 41.5 Å². The van der Waals surface area contributed by atoms with Gasteiger partial charge in [0, 0.05) is 24.8 Å². The van der Waals surface area contributed by atoms with Gasteiger partial charge in [0.05, 0.1) is 35.4 Å². The Hall–Kier alpha value is -3.68. The van der Waals surface area contributed by atoms with E-state index in [4.69, 9.17) is 4.74 Å². The zero-order valence-electron chi connectivity index (χ0n) is 21.0. The molecule has 2 bridgehead atoms. The maximum absolute atomic E-state index is 13.4. The molecule has 8 nitrogen and oxygen atoms in total. The number of aliphatic imine (C=N–C) groups is 1. The number of ether oxygens (including phenoxy) is 1. The first-order valence-corrected chi connectivity index (χ1v) is 12.3. The SMILES string of the molecule is Cc1cc2cc(n1)-c1cnn(C)c1OCCC[C@@H](C)CN1/C(=N/C2=O)Nc2ccc(C(C)C)cc21. The second-order valence-electron chi connectivity index (χ2n) is 9.87. The lowest BCUT2D eigenvalue weighted by Crippen LogP contribution is -2.35. The Balaban J connectivity index is 1.59. The van der Waals surface area contributed by atoms with E-state index in [-0.39, 0.29) is 5.91 Å². The summed E-state index contributed by atoms with van der Waals surface area (Å²) in [5.74, 6) is 1.70. The Morgan fingerprint density at radius 3 is 2.83 bits per heavy atom. The molecule has 0 saturated carbocycles. The number of nitrogens with one attached hydrogen (secondary N) is 1. The summed E-state index contributed by atoms with van der Waals surface area (Å²) >= 11 is 0. The fourth-order valence-electron chi connectivity index (χ4n) is 4.68. The van der Waals surface area contributed by atoms with Gasteiger partial charge in [0.25, 0.3) is 5.91 Å². The average molecular weight is 473 g/mol. The number of carbonyl (C=O) groups is 1. The lowest BCUT2D eigenvalue weighted by Gasteiger charge is -2.23. The van der Waals surface area contributed by atoms with Crippen LogP contribution in [0.4, 0.5) is 11.4 Å². The maximum Gasteiger partial charge on any atom is 0.280 e. The summed E-state index contributed by atoms with van der Waals surface area (Å²) < 4.78 is 7.87. The number of carbonyl (C=O) groups excluding carboxylic acids is 1. The first-order valence-electron chi connectivity index (χ1n) is 12.3. The number of nitrogens with zero attached hydrogens (tertiary/aromatic N) is 5. The normalized spacial score (nSPS) is 19.5. The minimum absolute atomic E-state index is 0.310. The first-order chi connectivity index (χ1) is 16.8. The van der Waals surface area contributed by atoms with Crippen molar-refractivity contribution in [2.24, 2.45) is 18.0 Å². The van der Waals surface area contributed by atoms with E-state index < -0.39 is 0 Å². The van der Waals surface area contributed by atoms with Crippen LogP contribution in [0.2, 0.25) is 0 Å². The molecule has 4 heterocycles. The highest BCUT2D eigenvalue weighted by Gasteiger charge is 2.29. The van der Waals surface area contributed by atoms with E-state index in [2.05, 4.69) is 64.3 Å². The van der Waals surface area contributed by atoms with E-state index in [1.54, 1.807) is 23.0 Å². The molecule has 0 fully saturated rings.